The Morgan fingerprint density at radius 2 is 1.41 bits per heavy atom. The van der Waals surface area contributed by atoms with Crippen molar-refractivity contribution in [2.24, 2.45) is 5.41 Å². The van der Waals surface area contributed by atoms with E-state index < -0.39 is 0 Å². The Hall–Kier alpha value is -0.920. The highest BCUT2D eigenvalue weighted by Gasteiger charge is 2.22. The molecule has 1 aromatic heterocycles. The molecule has 0 unspecified atom stereocenters. The quantitative estimate of drug-likeness (QED) is 0.734. The zero-order chi connectivity index (χ0) is 13.4. The summed E-state index contributed by atoms with van der Waals surface area (Å²) in [5.74, 6) is 0.958. The van der Waals surface area contributed by atoms with Crippen molar-refractivity contribution in [3.63, 3.8) is 0 Å². The van der Waals surface area contributed by atoms with Gasteiger partial charge in [0.15, 0.2) is 0 Å². The number of aryl methyl sites for hydroxylation is 1. The van der Waals surface area contributed by atoms with Gasteiger partial charge >= 0.3 is 0 Å². The van der Waals surface area contributed by atoms with Crippen molar-refractivity contribution in [1.82, 2.24) is 9.97 Å². The first-order chi connectivity index (χ1) is 7.50. The molecule has 2 heteroatoms. The van der Waals surface area contributed by atoms with Crippen molar-refractivity contribution in [3.8, 4) is 0 Å². The summed E-state index contributed by atoms with van der Waals surface area (Å²) < 4.78 is 0. The Bertz CT molecular complexity index is 406. The molecule has 0 aromatic carbocycles. The molecule has 0 aliphatic rings. The molecule has 0 atom stereocenters. The largest absolute Gasteiger partial charge is 0.237 e. The Kier molecular flexibility index (Phi) is 3.66. The summed E-state index contributed by atoms with van der Waals surface area (Å²) in [5, 5.41) is 0. The van der Waals surface area contributed by atoms with E-state index in [0.717, 1.165) is 17.9 Å². The summed E-state index contributed by atoms with van der Waals surface area (Å²) in [5.41, 5.74) is 3.85. The first-order valence-electron chi connectivity index (χ1n) is 6.35. The van der Waals surface area contributed by atoms with E-state index in [1.807, 2.05) is 0 Å². The number of aromatic nitrogens is 2. The normalized spacial score (nSPS) is 12.9. The van der Waals surface area contributed by atoms with Crippen LogP contribution in [0.4, 0.5) is 0 Å². The SMILES string of the molecule is Cc1nc(C(C)(C)C)nc(CC(C)(C)C)c1C. The third-order valence-electron chi connectivity index (χ3n) is 2.86. The minimum absolute atomic E-state index is 0.0189. The molecule has 1 heterocycles. The van der Waals surface area contributed by atoms with Crippen molar-refractivity contribution in [2.75, 3.05) is 0 Å². The Morgan fingerprint density at radius 1 is 0.882 bits per heavy atom. The van der Waals surface area contributed by atoms with Gasteiger partial charge < -0.3 is 0 Å². The molecule has 0 bridgehead atoms. The zero-order valence-electron chi connectivity index (χ0n) is 12.6. The van der Waals surface area contributed by atoms with E-state index >= 15 is 0 Å². The summed E-state index contributed by atoms with van der Waals surface area (Å²) in [4.78, 5) is 9.40. The molecule has 1 rings (SSSR count). The molecule has 0 aliphatic carbocycles. The number of hydrogen-bond acceptors (Lipinski definition) is 2. The van der Waals surface area contributed by atoms with E-state index in [1.165, 1.54) is 11.3 Å². The van der Waals surface area contributed by atoms with Crippen molar-refractivity contribution in [2.45, 2.75) is 67.2 Å². The highest BCUT2D eigenvalue weighted by atomic mass is 14.9. The smallest absolute Gasteiger partial charge is 0.134 e. The summed E-state index contributed by atoms with van der Waals surface area (Å²) in [6, 6.07) is 0. The van der Waals surface area contributed by atoms with Crippen LogP contribution in [-0.4, -0.2) is 9.97 Å². The fourth-order valence-corrected chi connectivity index (χ4v) is 1.70. The Morgan fingerprint density at radius 3 is 1.82 bits per heavy atom. The van der Waals surface area contributed by atoms with Crippen LogP contribution in [0.3, 0.4) is 0 Å². The summed E-state index contributed by atoms with van der Waals surface area (Å²) in [7, 11) is 0. The molecule has 1 aromatic rings. The van der Waals surface area contributed by atoms with Crippen LogP contribution in [0, 0.1) is 19.3 Å². The van der Waals surface area contributed by atoms with Crippen molar-refractivity contribution < 1.29 is 0 Å². The van der Waals surface area contributed by atoms with Crippen LogP contribution in [-0.2, 0) is 11.8 Å². The maximum atomic E-state index is 4.78. The molecule has 0 fully saturated rings. The van der Waals surface area contributed by atoms with Gasteiger partial charge in [0.25, 0.3) is 0 Å². The van der Waals surface area contributed by atoms with Gasteiger partial charge in [-0.05, 0) is 31.2 Å². The lowest BCUT2D eigenvalue weighted by atomic mass is 9.88. The van der Waals surface area contributed by atoms with Crippen LogP contribution in [0.25, 0.3) is 0 Å². The zero-order valence-corrected chi connectivity index (χ0v) is 12.6. The van der Waals surface area contributed by atoms with E-state index in [2.05, 4.69) is 60.4 Å². The minimum atomic E-state index is 0.0189. The molecule has 0 aliphatic heterocycles. The van der Waals surface area contributed by atoms with Gasteiger partial charge in [-0.1, -0.05) is 41.5 Å². The Labute approximate surface area is 106 Å². The van der Waals surface area contributed by atoms with Crippen molar-refractivity contribution in [1.29, 1.82) is 0 Å². The second-order valence-electron chi connectivity index (χ2n) is 7.19. The van der Waals surface area contributed by atoms with E-state index in [9.17, 15) is 0 Å². The highest BCUT2D eigenvalue weighted by molar-refractivity contribution is 5.26. The van der Waals surface area contributed by atoms with Gasteiger partial charge in [-0.25, -0.2) is 9.97 Å². The van der Waals surface area contributed by atoms with Gasteiger partial charge in [0, 0.05) is 16.8 Å². The fourth-order valence-electron chi connectivity index (χ4n) is 1.70. The lowest BCUT2D eigenvalue weighted by molar-refractivity contribution is 0.401. The molecule has 17 heavy (non-hydrogen) atoms. The van der Waals surface area contributed by atoms with Crippen LogP contribution in [0.2, 0.25) is 0 Å². The molecule has 0 saturated carbocycles. The summed E-state index contributed by atoms with van der Waals surface area (Å²) >= 11 is 0. The van der Waals surface area contributed by atoms with Crippen LogP contribution in [0.15, 0.2) is 0 Å². The average Bonchev–Trinajstić information content (AvgIpc) is 2.08. The predicted molar refractivity (Wildman–Crippen MR) is 73.4 cm³/mol. The first kappa shape index (κ1) is 14.1. The van der Waals surface area contributed by atoms with Gasteiger partial charge in [0.1, 0.15) is 5.82 Å². The molecule has 2 nitrogen and oxygen atoms in total. The molecule has 0 saturated heterocycles. The maximum absolute atomic E-state index is 4.78. The third-order valence-corrected chi connectivity index (χ3v) is 2.86. The van der Waals surface area contributed by atoms with Crippen molar-refractivity contribution in [3.05, 3.63) is 22.8 Å². The monoisotopic (exact) mass is 234 g/mol. The van der Waals surface area contributed by atoms with Gasteiger partial charge in [0.05, 0.1) is 0 Å². The highest BCUT2D eigenvalue weighted by Crippen LogP contribution is 2.25. The van der Waals surface area contributed by atoms with E-state index in [0.29, 0.717) is 0 Å². The van der Waals surface area contributed by atoms with Gasteiger partial charge in [-0.2, -0.15) is 0 Å². The van der Waals surface area contributed by atoms with E-state index in [4.69, 9.17) is 4.98 Å². The van der Waals surface area contributed by atoms with E-state index in [1.54, 1.807) is 0 Å². The number of hydrogen-bond donors (Lipinski definition) is 0. The van der Waals surface area contributed by atoms with Crippen LogP contribution < -0.4 is 0 Å². The Balaban J connectivity index is 3.26. The summed E-state index contributed by atoms with van der Waals surface area (Å²) in [6.45, 7) is 17.5. The maximum Gasteiger partial charge on any atom is 0.134 e. The number of nitrogens with zero attached hydrogens (tertiary/aromatic N) is 2. The fraction of sp³-hybridized carbons (Fsp3) is 0.733. The second kappa shape index (κ2) is 4.40. The average molecular weight is 234 g/mol. The summed E-state index contributed by atoms with van der Waals surface area (Å²) in [6.07, 6.45) is 1.01. The van der Waals surface area contributed by atoms with Crippen LogP contribution in [0.1, 0.15) is 64.3 Å². The van der Waals surface area contributed by atoms with Gasteiger partial charge in [0.2, 0.25) is 0 Å². The van der Waals surface area contributed by atoms with Crippen LogP contribution in [0.5, 0.6) is 0 Å². The van der Waals surface area contributed by atoms with Gasteiger partial charge in [-0.15, -0.1) is 0 Å². The number of rotatable bonds is 1. The molecule has 0 spiro atoms. The predicted octanol–water partition coefficient (Wildman–Crippen LogP) is 3.98. The molecule has 0 N–H and O–H groups in total. The standard InChI is InChI=1S/C15H26N2/c1-10-11(2)16-13(15(6,7)8)17-12(10)9-14(3,4)5/h9H2,1-8H3. The lowest BCUT2D eigenvalue weighted by Gasteiger charge is -2.23. The lowest BCUT2D eigenvalue weighted by Crippen LogP contribution is -2.21. The molecule has 0 amide bonds. The van der Waals surface area contributed by atoms with E-state index in [-0.39, 0.29) is 10.8 Å². The molecular weight excluding hydrogens is 208 g/mol. The molecular formula is C15H26N2. The minimum Gasteiger partial charge on any atom is -0.237 e. The first-order valence-corrected chi connectivity index (χ1v) is 6.35. The van der Waals surface area contributed by atoms with Crippen molar-refractivity contribution >= 4 is 0 Å². The topological polar surface area (TPSA) is 25.8 Å². The second-order valence-corrected chi connectivity index (χ2v) is 7.19. The third kappa shape index (κ3) is 3.79. The molecule has 96 valence electrons. The van der Waals surface area contributed by atoms with Gasteiger partial charge in [-0.3, -0.25) is 0 Å². The van der Waals surface area contributed by atoms with Crippen LogP contribution >= 0.6 is 0 Å². The molecule has 0 radical (unpaired) electrons.